The molecule has 2 aromatic carbocycles. The smallest absolute Gasteiger partial charge is 0.189 e. The molecule has 0 aliphatic rings. The van der Waals surface area contributed by atoms with E-state index in [0.717, 1.165) is 15.7 Å². The molecule has 3 rings (SSSR count). The molecule has 0 unspecified atom stereocenters. The molecule has 122 valence electrons. The zero-order valence-corrected chi connectivity index (χ0v) is 16.0. The van der Waals surface area contributed by atoms with E-state index in [2.05, 4.69) is 31.5 Å². The number of aromatic nitrogens is 1. The Labute approximate surface area is 161 Å². The number of thiazole rings is 1. The topological polar surface area (TPSA) is 37.0 Å². The van der Waals surface area contributed by atoms with Crippen LogP contribution in [0.2, 0.25) is 5.02 Å². The predicted molar refractivity (Wildman–Crippen MR) is 107 cm³/mol. The van der Waals surface area contributed by atoms with Crippen molar-refractivity contribution in [2.24, 2.45) is 0 Å². The van der Waals surface area contributed by atoms with Crippen LogP contribution < -0.4 is 10.6 Å². The molecular formula is C16H10BrClFN3S2. The second-order valence-electron chi connectivity index (χ2n) is 4.75. The minimum Gasteiger partial charge on any atom is -0.332 e. The highest BCUT2D eigenvalue weighted by Crippen LogP contribution is 2.26. The molecule has 1 heterocycles. The van der Waals surface area contributed by atoms with Gasteiger partial charge in [-0.2, -0.15) is 0 Å². The van der Waals surface area contributed by atoms with E-state index in [1.54, 1.807) is 6.07 Å². The van der Waals surface area contributed by atoms with Crippen LogP contribution in [0.4, 0.5) is 15.2 Å². The molecular weight excluding hydrogens is 433 g/mol. The average molecular weight is 443 g/mol. The molecule has 0 aliphatic carbocycles. The third-order valence-corrected chi connectivity index (χ3v) is 4.82. The van der Waals surface area contributed by atoms with E-state index in [1.807, 2.05) is 29.6 Å². The van der Waals surface area contributed by atoms with Crippen LogP contribution in [-0.2, 0) is 0 Å². The van der Waals surface area contributed by atoms with E-state index in [-0.39, 0.29) is 5.02 Å². The van der Waals surface area contributed by atoms with Crippen LogP contribution in [0.25, 0.3) is 11.3 Å². The van der Waals surface area contributed by atoms with E-state index in [0.29, 0.717) is 15.9 Å². The first-order valence-electron chi connectivity index (χ1n) is 6.76. The Morgan fingerprint density at radius 1 is 1.17 bits per heavy atom. The molecule has 0 bridgehead atoms. The van der Waals surface area contributed by atoms with E-state index in [9.17, 15) is 4.39 Å². The number of thiocarbonyl (C=S) groups is 1. The zero-order valence-electron chi connectivity index (χ0n) is 12.0. The van der Waals surface area contributed by atoms with Gasteiger partial charge in [0, 0.05) is 21.1 Å². The standard InChI is InChI=1S/C16H10BrClFN3S2/c17-10-3-1-9(2-4-10)14-8-24-16(21-14)22-15(23)20-11-5-6-13(19)12(18)7-11/h1-8H,(H2,20,21,22,23). The molecule has 0 radical (unpaired) electrons. The van der Waals surface area contributed by atoms with Crippen LogP contribution in [0.5, 0.6) is 0 Å². The van der Waals surface area contributed by atoms with Gasteiger partial charge in [-0.15, -0.1) is 11.3 Å². The van der Waals surface area contributed by atoms with E-state index in [4.69, 9.17) is 23.8 Å². The second kappa shape index (κ2) is 7.57. The molecule has 0 saturated carbocycles. The first-order valence-corrected chi connectivity index (χ1v) is 9.22. The number of nitrogens with one attached hydrogen (secondary N) is 2. The fraction of sp³-hybridized carbons (Fsp3) is 0. The number of benzene rings is 2. The third kappa shape index (κ3) is 4.30. The Bertz CT molecular complexity index is 883. The first kappa shape index (κ1) is 17.3. The lowest BCUT2D eigenvalue weighted by atomic mass is 10.2. The second-order valence-corrected chi connectivity index (χ2v) is 7.34. The molecule has 1 aromatic heterocycles. The molecule has 2 N–H and O–H groups in total. The quantitative estimate of drug-likeness (QED) is 0.475. The van der Waals surface area contributed by atoms with Crippen molar-refractivity contribution in [2.45, 2.75) is 0 Å². The van der Waals surface area contributed by atoms with Crippen molar-refractivity contribution in [2.75, 3.05) is 10.6 Å². The fourth-order valence-electron chi connectivity index (χ4n) is 1.92. The molecule has 0 aliphatic heterocycles. The lowest BCUT2D eigenvalue weighted by Gasteiger charge is -2.08. The van der Waals surface area contributed by atoms with Crippen molar-refractivity contribution in [1.82, 2.24) is 4.98 Å². The fourth-order valence-corrected chi connectivity index (χ4v) is 3.37. The number of nitrogens with zero attached hydrogens (tertiary/aromatic N) is 1. The Morgan fingerprint density at radius 2 is 1.92 bits per heavy atom. The number of anilines is 2. The first-order chi connectivity index (χ1) is 11.5. The van der Waals surface area contributed by atoms with Crippen LogP contribution in [0, 0.1) is 5.82 Å². The van der Waals surface area contributed by atoms with Crippen molar-refractivity contribution in [3.63, 3.8) is 0 Å². The summed E-state index contributed by atoms with van der Waals surface area (Å²) in [6.45, 7) is 0. The van der Waals surface area contributed by atoms with Crippen LogP contribution >= 0.6 is 51.1 Å². The Morgan fingerprint density at radius 3 is 2.62 bits per heavy atom. The molecule has 0 fully saturated rings. The van der Waals surface area contributed by atoms with Crippen molar-refractivity contribution >= 4 is 67.0 Å². The lowest BCUT2D eigenvalue weighted by Crippen LogP contribution is -2.18. The van der Waals surface area contributed by atoms with Gasteiger partial charge in [0.25, 0.3) is 0 Å². The van der Waals surface area contributed by atoms with Gasteiger partial charge in [-0.25, -0.2) is 9.37 Å². The largest absolute Gasteiger partial charge is 0.332 e. The Balaban J connectivity index is 1.66. The summed E-state index contributed by atoms with van der Waals surface area (Å²) in [5, 5.41) is 8.96. The number of halogens is 3. The van der Waals surface area contributed by atoms with Crippen molar-refractivity contribution in [3.05, 3.63) is 63.2 Å². The van der Waals surface area contributed by atoms with E-state index in [1.165, 1.54) is 23.5 Å². The van der Waals surface area contributed by atoms with Gasteiger partial charge in [-0.1, -0.05) is 39.7 Å². The maximum atomic E-state index is 13.2. The number of hydrogen-bond donors (Lipinski definition) is 2. The molecule has 3 aromatic rings. The molecule has 0 atom stereocenters. The van der Waals surface area contributed by atoms with Crippen LogP contribution in [0.1, 0.15) is 0 Å². The molecule has 0 saturated heterocycles. The summed E-state index contributed by atoms with van der Waals surface area (Å²) >= 11 is 15.8. The highest BCUT2D eigenvalue weighted by molar-refractivity contribution is 9.10. The minimum atomic E-state index is -0.472. The molecule has 24 heavy (non-hydrogen) atoms. The third-order valence-electron chi connectivity index (χ3n) is 3.04. The van der Waals surface area contributed by atoms with Gasteiger partial charge in [0.15, 0.2) is 10.2 Å². The van der Waals surface area contributed by atoms with Gasteiger partial charge >= 0.3 is 0 Å². The SMILES string of the molecule is Fc1ccc(NC(=S)Nc2nc(-c3ccc(Br)cc3)cs2)cc1Cl. The maximum Gasteiger partial charge on any atom is 0.189 e. The van der Waals surface area contributed by atoms with Gasteiger partial charge in [-0.3, -0.25) is 0 Å². The Hall–Kier alpha value is -1.54. The summed E-state index contributed by atoms with van der Waals surface area (Å²) in [5.74, 6) is -0.472. The Kier molecular flexibility index (Phi) is 5.45. The van der Waals surface area contributed by atoms with Gasteiger partial charge in [0.05, 0.1) is 10.7 Å². The normalized spacial score (nSPS) is 10.5. The molecule has 3 nitrogen and oxygen atoms in total. The van der Waals surface area contributed by atoms with Crippen molar-refractivity contribution in [3.8, 4) is 11.3 Å². The molecule has 8 heteroatoms. The van der Waals surface area contributed by atoms with E-state index < -0.39 is 5.82 Å². The summed E-state index contributed by atoms with van der Waals surface area (Å²) in [4.78, 5) is 4.50. The summed E-state index contributed by atoms with van der Waals surface area (Å²) in [7, 11) is 0. The van der Waals surface area contributed by atoms with Crippen LogP contribution in [0.15, 0.2) is 52.3 Å². The van der Waals surface area contributed by atoms with Gasteiger partial charge in [-0.05, 0) is 42.5 Å². The predicted octanol–water partition coefficient (Wildman–Crippen LogP) is 6.17. The molecule has 0 spiro atoms. The van der Waals surface area contributed by atoms with Gasteiger partial charge < -0.3 is 10.6 Å². The molecule has 0 amide bonds. The van der Waals surface area contributed by atoms with Crippen molar-refractivity contribution < 1.29 is 4.39 Å². The minimum absolute atomic E-state index is 0.0366. The van der Waals surface area contributed by atoms with Gasteiger partial charge in [0.1, 0.15) is 5.82 Å². The van der Waals surface area contributed by atoms with E-state index >= 15 is 0 Å². The summed E-state index contributed by atoms with van der Waals surface area (Å²) in [6, 6.07) is 12.2. The average Bonchev–Trinajstić information content (AvgIpc) is 3.00. The number of rotatable bonds is 3. The summed E-state index contributed by atoms with van der Waals surface area (Å²) in [5.41, 5.74) is 2.48. The summed E-state index contributed by atoms with van der Waals surface area (Å²) in [6.07, 6.45) is 0. The summed E-state index contributed by atoms with van der Waals surface area (Å²) < 4.78 is 14.2. The maximum absolute atomic E-state index is 13.2. The monoisotopic (exact) mass is 441 g/mol. The van der Waals surface area contributed by atoms with Crippen LogP contribution in [0.3, 0.4) is 0 Å². The highest BCUT2D eigenvalue weighted by atomic mass is 79.9. The van der Waals surface area contributed by atoms with Gasteiger partial charge in [0.2, 0.25) is 0 Å². The van der Waals surface area contributed by atoms with Crippen molar-refractivity contribution in [1.29, 1.82) is 0 Å². The zero-order chi connectivity index (χ0) is 17.1. The number of hydrogen-bond acceptors (Lipinski definition) is 3. The van der Waals surface area contributed by atoms with Crippen LogP contribution in [-0.4, -0.2) is 10.1 Å². The lowest BCUT2D eigenvalue weighted by molar-refractivity contribution is 0.628. The highest BCUT2D eigenvalue weighted by Gasteiger charge is 2.07.